The first-order valence-corrected chi connectivity index (χ1v) is 6.07. The van der Waals surface area contributed by atoms with Crippen molar-refractivity contribution in [2.75, 3.05) is 18.1 Å². The summed E-state index contributed by atoms with van der Waals surface area (Å²) in [5.74, 6) is 2.80. The van der Waals surface area contributed by atoms with Gasteiger partial charge in [0, 0.05) is 17.9 Å². The Morgan fingerprint density at radius 3 is 2.92 bits per heavy atom. The van der Waals surface area contributed by atoms with Crippen LogP contribution in [-0.4, -0.2) is 30.0 Å². The van der Waals surface area contributed by atoms with E-state index in [9.17, 15) is 4.79 Å². The third kappa shape index (κ3) is 4.14. The molecule has 1 aliphatic rings. The summed E-state index contributed by atoms with van der Waals surface area (Å²) in [7, 11) is 0. The molecule has 1 atom stereocenters. The first-order valence-electron chi connectivity index (χ1n) is 4.92. The van der Waals surface area contributed by atoms with Crippen molar-refractivity contribution in [2.24, 2.45) is 5.92 Å². The van der Waals surface area contributed by atoms with Gasteiger partial charge in [0.1, 0.15) is 6.10 Å². The predicted octanol–water partition coefficient (Wildman–Crippen LogP) is 2.12. The molecule has 0 aromatic rings. The molecule has 0 N–H and O–H groups in total. The number of carbonyl (C=O) groups is 1. The number of ketones is 1. The molecule has 0 amide bonds. The molecule has 0 saturated carbocycles. The largest absolute Gasteiger partial charge is 0.369 e. The van der Waals surface area contributed by atoms with Gasteiger partial charge in [0.05, 0.1) is 6.61 Å². The van der Waals surface area contributed by atoms with Crippen LogP contribution in [0.3, 0.4) is 0 Å². The highest BCUT2D eigenvalue weighted by Crippen LogP contribution is 2.16. The molecule has 0 aromatic heterocycles. The first-order chi connectivity index (χ1) is 6.20. The molecule has 0 spiro atoms. The van der Waals surface area contributed by atoms with Crippen molar-refractivity contribution in [3.8, 4) is 0 Å². The number of carbonyl (C=O) groups excluding carboxylic acids is 1. The lowest BCUT2D eigenvalue weighted by Crippen LogP contribution is -2.31. The molecule has 13 heavy (non-hydrogen) atoms. The molecule has 0 radical (unpaired) electrons. The van der Waals surface area contributed by atoms with Crippen molar-refractivity contribution < 1.29 is 9.53 Å². The molecule has 0 bridgehead atoms. The molecule has 1 unspecified atom stereocenters. The zero-order valence-electron chi connectivity index (χ0n) is 8.41. The summed E-state index contributed by atoms with van der Waals surface area (Å²) in [5.41, 5.74) is 0. The number of ether oxygens (including phenoxy) is 1. The minimum atomic E-state index is -0.113. The number of hydrogen-bond donors (Lipinski definition) is 0. The zero-order valence-corrected chi connectivity index (χ0v) is 9.23. The predicted molar refractivity (Wildman–Crippen MR) is 56.1 cm³/mol. The molecule has 3 heteroatoms. The minimum Gasteiger partial charge on any atom is -0.369 e. The summed E-state index contributed by atoms with van der Waals surface area (Å²) in [4.78, 5) is 11.6. The highest BCUT2D eigenvalue weighted by molar-refractivity contribution is 7.99. The number of rotatable bonds is 4. The van der Waals surface area contributed by atoms with Gasteiger partial charge >= 0.3 is 0 Å². The van der Waals surface area contributed by atoms with E-state index in [-0.39, 0.29) is 6.10 Å². The molecular weight excluding hydrogens is 184 g/mol. The van der Waals surface area contributed by atoms with Gasteiger partial charge in [-0.1, -0.05) is 13.8 Å². The molecule has 1 aliphatic heterocycles. The molecular formula is C10H18O2S. The normalized spacial score (nSPS) is 23.5. The molecule has 1 saturated heterocycles. The third-order valence-corrected chi connectivity index (χ3v) is 3.14. The zero-order chi connectivity index (χ0) is 9.68. The van der Waals surface area contributed by atoms with E-state index in [0.717, 1.165) is 24.5 Å². The maximum Gasteiger partial charge on any atom is 0.162 e. The van der Waals surface area contributed by atoms with E-state index in [4.69, 9.17) is 4.74 Å². The fourth-order valence-electron chi connectivity index (χ4n) is 1.27. The van der Waals surface area contributed by atoms with Crippen molar-refractivity contribution in [3.63, 3.8) is 0 Å². The average molecular weight is 202 g/mol. The van der Waals surface area contributed by atoms with Crippen molar-refractivity contribution in [3.05, 3.63) is 0 Å². The van der Waals surface area contributed by atoms with Crippen LogP contribution in [0.2, 0.25) is 0 Å². The average Bonchev–Trinajstić information content (AvgIpc) is 2.15. The van der Waals surface area contributed by atoms with Crippen LogP contribution >= 0.6 is 11.8 Å². The molecule has 1 heterocycles. The highest BCUT2D eigenvalue weighted by Gasteiger charge is 2.21. The summed E-state index contributed by atoms with van der Waals surface area (Å²) in [6, 6.07) is 0. The van der Waals surface area contributed by atoms with Gasteiger partial charge in [0.2, 0.25) is 0 Å². The Bertz CT molecular complexity index is 162. The maximum absolute atomic E-state index is 11.6. The van der Waals surface area contributed by atoms with Crippen molar-refractivity contribution >= 4 is 17.5 Å². The first kappa shape index (κ1) is 11.1. The van der Waals surface area contributed by atoms with Gasteiger partial charge in [-0.25, -0.2) is 0 Å². The van der Waals surface area contributed by atoms with Crippen LogP contribution in [0.5, 0.6) is 0 Å². The Morgan fingerprint density at radius 1 is 1.62 bits per heavy atom. The van der Waals surface area contributed by atoms with Gasteiger partial charge < -0.3 is 4.74 Å². The molecule has 2 nitrogen and oxygen atoms in total. The van der Waals surface area contributed by atoms with E-state index < -0.39 is 0 Å². The maximum atomic E-state index is 11.6. The van der Waals surface area contributed by atoms with Crippen LogP contribution in [0.4, 0.5) is 0 Å². The third-order valence-electron chi connectivity index (χ3n) is 2.14. The van der Waals surface area contributed by atoms with Crippen molar-refractivity contribution in [1.82, 2.24) is 0 Å². The van der Waals surface area contributed by atoms with Crippen LogP contribution in [0.15, 0.2) is 0 Å². The van der Waals surface area contributed by atoms with E-state index in [1.54, 1.807) is 0 Å². The monoisotopic (exact) mass is 202 g/mol. The molecule has 0 aliphatic carbocycles. The van der Waals surface area contributed by atoms with E-state index in [1.165, 1.54) is 0 Å². The lowest BCUT2D eigenvalue weighted by atomic mass is 10.0. The Labute approximate surface area is 84.4 Å². The molecule has 1 rings (SSSR count). The van der Waals surface area contributed by atoms with Crippen molar-refractivity contribution in [2.45, 2.75) is 32.8 Å². The fraction of sp³-hybridized carbons (Fsp3) is 0.900. The van der Waals surface area contributed by atoms with Gasteiger partial charge in [0.25, 0.3) is 0 Å². The van der Waals surface area contributed by atoms with Crippen LogP contribution in [0.1, 0.15) is 26.7 Å². The Kier molecular flexibility index (Phi) is 4.81. The quantitative estimate of drug-likeness (QED) is 0.698. The van der Waals surface area contributed by atoms with E-state index in [0.29, 0.717) is 18.1 Å². The summed E-state index contributed by atoms with van der Waals surface area (Å²) in [6.07, 6.45) is 1.56. The summed E-state index contributed by atoms with van der Waals surface area (Å²) >= 11 is 1.82. The van der Waals surface area contributed by atoms with Gasteiger partial charge in [-0.2, -0.15) is 11.8 Å². The van der Waals surface area contributed by atoms with Crippen LogP contribution in [-0.2, 0) is 9.53 Å². The van der Waals surface area contributed by atoms with Gasteiger partial charge in [-0.15, -0.1) is 0 Å². The minimum absolute atomic E-state index is 0.113. The van der Waals surface area contributed by atoms with E-state index in [1.807, 2.05) is 11.8 Å². The molecule has 0 aromatic carbocycles. The highest BCUT2D eigenvalue weighted by atomic mass is 32.2. The summed E-state index contributed by atoms with van der Waals surface area (Å²) in [5, 5.41) is 0. The summed E-state index contributed by atoms with van der Waals surface area (Å²) in [6.45, 7) is 5.02. The van der Waals surface area contributed by atoms with E-state index >= 15 is 0 Å². The Morgan fingerprint density at radius 2 is 2.38 bits per heavy atom. The number of hydrogen-bond acceptors (Lipinski definition) is 3. The SMILES string of the molecule is CC(C)CCC(=O)C1CSCCO1. The second kappa shape index (κ2) is 5.66. The summed E-state index contributed by atoms with van der Waals surface area (Å²) < 4.78 is 5.40. The van der Waals surface area contributed by atoms with Gasteiger partial charge in [-0.3, -0.25) is 4.79 Å². The topological polar surface area (TPSA) is 26.3 Å². The Balaban J connectivity index is 2.21. The van der Waals surface area contributed by atoms with Crippen LogP contribution in [0, 0.1) is 5.92 Å². The second-order valence-corrected chi connectivity index (χ2v) is 4.98. The lowest BCUT2D eigenvalue weighted by Gasteiger charge is -2.21. The standard InChI is InChI=1S/C10H18O2S/c1-8(2)3-4-9(11)10-7-13-6-5-12-10/h8,10H,3-7H2,1-2H3. The number of Topliss-reactive ketones (excluding diaryl/α,β-unsaturated/α-hetero) is 1. The number of thioether (sulfide) groups is 1. The smallest absolute Gasteiger partial charge is 0.162 e. The fourth-order valence-corrected chi connectivity index (χ4v) is 2.14. The Hall–Kier alpha value is -0.0200. The van der Waals surface area contributed by atoms with Crippen molar-refractivity contribution in [1.29, 1.82) is 0 Å². The van der Waals surface area contributed by atoms with Crippen LogP contribution < -0.4 is 0 Å². The van der Waals surface area contributed by atoms with Gasteiger partial charge in [0.15, 0.2) is 5.78 Å². The molecule has 76 valence electrons. The van der Waals surface area contributed by atoms with Crippen LogP contribution in [0.25, 0.3) is 0 Å². The lowest BCUT2D eigenvalue weighted by molar-refractivity contribution is -0.129. The molecule has 1 fully saturated rings. The van der Waals surface area contributed by atoms with Gasteiger partial charge in [-0.05, 0) is 12.3 Å². The second-order valence-electron chi connectivity index (χ2n) is 3.83. The van der Waals surface area contributed by atoms with E-state index in [2.05, 4.69) is 13.8 Å².